The fourth-order valence-electron chi connectivity index (χ4n) is 3.78. The Kier molecular flexibility index (Phi) is 4.40. The Balaban J connectivity index is 1.70. The van der Waals surface area contributed by atoms with E-state index >= 15 is 0 Å². The lowest BCUT2D eigenvalue weighted by molar-refractivity contribution is -0.136. The van der Waals surface area contributed by atoms with E-state index in [9.17, 15) is 14.7 Å². The molecule has 0 saturated carbocycles. The predicted octanol–water partition coefficient (Wildman–Crippen LogP) is 3.90. The van der Waals surface area contributed by atoms with Crippen molar-refractivity contribution in [3.05, 3.63) is 88.9 Å². The number of aryl methyl sites for hydroxylation is 2. The molecule has 28 heavy (non-hydrogen) atoms. The molecule has 1 aromatic heterocycles. The van der Waals surface area contributed by atoms with Gasteiger partial charge in [0.1, 0.15) is 0 Å². The highest BCUT2D eigenvalue weighted by Gasteiger charge is 2.51. The summed E-state index contributed by atoms with van der Waals surface area (Å²) >= 11 is 0. The normalized spacial score (nSPS) is 18.4. The van der Waals surface area contributed by atoms with Gasteiger partial charge in [0.05, 0.1) is 24.9 Å². The van der Waals surface area contributed by atoms with Crippen LogP contribution in [0.4, 0.5) is 5.69 Å². The van der Waals surface area contributed by atoms with E-state index in [2.05, 4.69) is 6.07 Å². The van der Waals surface area contributed by atoms with Crippen LogP contribution >= 0.6 is 0 Å². The fourth-order valence-corrected chi connectivity index (χ4v) is 3.78. The van der Waals surface area contributed by atoms with E-state index in [4.69, 9.17) is 4.42 Å². The van der Waals surface area contributed by atoms with E-state index in [1.54, 1.807) is 29.2 Å². The van der Waals surface area contributed by atoms with Crippen molar-refractivity contribution in [1.29, 1.82) is 0 Å². The van der Waals surface area contributed by atoms with Crippen molar-refractivity contribution < 1.29 is 19.1 Å². The van der Waals surface area contributed by atoms with Gasteiger partial charge >= 0.3 is 0 Å². The number of Topliss-reactive ketones (excluding diaryl/α,β-unsaturated/α-hetero) is 1. The Labute approximate surface area is 163 Å². The third-order valence-corrected chi connectivity index (χ3v) is 5.28. The number of carbonyl (C=O) groups excluding carboxylic acids is 2. The number of aliphatic hydroxyl groups is 1. The smallest absolute Gasteiger partial charge is 0.264 e. The van der Waals surface area contributed by atoms with Crippen LogP contribution in [0.3, 0.4) is 0 Å². The zero-order chi connectivity index (χ0) is 19.9. The first-order chi connectivity index (χ1) is 13.4. The average Bonchev–Trinajstić information content (AvgIpc) is 3.27. The van der Waals surface area contributed by atoms with E-state index in [0.29, 0.717) is 17.8 Å². The molecule has 2 heterocycles. The molecule has 0 radical (unpaired) electrons. The Morgan fingerprint density at radius 2 is 1.89 bits per heavy atom. The van der Waals surface area contributed by atoms with Gasteiger partial charge in [-0.1, -0.05) is 42.0 Å². The molecule has 1 aliphatic heterocycles. The maximum absolute atomic E-state index is 13.3. The molecule has 2 aromatic carbocycles. The summed E-state index contributed by atoms with van der Waals surface area (Å²) in [5, 5.41) is 11.3. The lowest BCUT2D eigenvalue weighted by atomic mass is 9.89. The maximum atomic E-state index is 13.3. The van der Waals surface area contributed by atoms with Gasteiger partial charge in [0.25, 0.3) is 5.91 Å². The van der Waals surface area contributed by atoms with Crippen LogP contribution in [0.2, 0.25) is 0 Å². The van der Waals surface area contributed by atoms with Crippen LogP contribution in [0, 0.1) is 13.8 Å². The Morgan fingerprint density at radius 3 is 2.61 bits per heavy atom. The first kappa shape index (κ1) is 18.2. The first-order valence-electron chi connectivity index (χ1n) is 9.17. The number of fused-ring (bicyclic) bond motifs is 1. The Morgan fingerprint density at radius 1 is 1.11 bits per heavy atom. The number of rotatable bonds is 5. The van der Waals surface area contributed by atoms with Gasteiger partial charge in [-0.15, -0.1) is 0 Å². The second-order valence-corrected chi connectivity index (χ2v) is 7.28. The minimum absolute atomic E-state index is 0.131. The standard InChI is InChI=1S/C23H21NO4/c1-15-9-10-17(16(2)12-15)14-24-19-7-4-3-6-18(19)23(27,22(24)26)13-20(25)21-8-5-11-28-21/h3-12,27H,13-14H2,1-2H3/t23-/m0/s1. The molecule has 3 aromatic rings. The van der Waals surface area contributed by atoms with Crippen molar-refractivity contribution in [2.24, 2.45) is 0 Å². The molecule has 4 rings (SSSR count). The number of hydrogen-bond acceptors (Lipinski definition) is 4. The summed E-state index contributed by atoms with van der Waals surface area (Å²) in [7, 11) is 0. The second-order valence-electron chi connectivity index (χ2n) is 7.28. The van der Waals surface area contributed by atoms with Gasteiger partial charge in [-0.3, -0.25) is 9.59 Å². The predicted molar refractivity (Wildman–Crippen MR) is 105 cm³/mol. The number of benzene rings is 2. The molecule has 1 aliphatic rings. The summed E-state index contributed by atoms with van der Waals surface area (Å²) in [6.45, 7) is 4.35. The number of ketones is 1. The van der Waals surface area contributed by atoms with E-state index in [-0.39, 0.29) is 12.2 Å². The van der Waals surface area contributed by atoms with Crippen LogP contribution in [-0.2, 0) is 16.9 Å². The van der Waals surface area contributed by atoms with Gasteiger partial charge in [-0.05, 0) is 43.2 Å². The molecule has 142 valence electrons. The summed E-state index contributed by atoms with van der Waals surface area (Å²) in [6.07, 6.45) is 1.04. The molecule has 1 N–H and O–H groups in total. The minimum atomic E-state index is -1.90. The van der Waals surface area contributed by atoms with Gasteiger partial charge < -0.3 is 14.4 Å². The maximum Gasteiger partial charge on any atom is 0.264 e. The van der Waals surface area contributed by atoms with Crippen LogP contribution in [0.5, 0.6) is 0 Å². The van der Waals surface area contributed by atoms with Gasteiger partial charge in [-0.2, -0.15) is 0 Å². The van der Waals surface area contributed by atoms with E-state index < -0.39 is 17.3 Å². The van der Waals surface area contributed by atoms with E-state index in [1.807, 2.05) is 32.0 Å². The molecule has 0 spiro atoms. The molecular weight excluding hydrogens is 354 g/mol. The third kappa shape index (κ3) is 2.94. The van der Waals surface area contributed by atoms with E-state index in [1.165, 1.54) is 12.3 Å². The Bertz CT molecular complexity index is 1050. The summed E-state index contributed by atoms with van der Waals surface area (Å²) in [4.78, 5) is 27.4. The lowest BCUT2D eigenvalue weighted by Crippen LogP contribution is -2.41. The van der Waals surface area contributed by atoms with Gasteiger partial charge in [-0.25, -0.2) is 0 Å². The largest absolute Gasteiger partial charge is 0.461 e. The molecule has 5 heteroatoms. The average molecular weight is 375 g/mol. The molecule has 1 amide bonds. The molecule has 0 bridgehead atoms. The van der Waals surface area contributed by atoms with Crippen LogP contribution < -0.4 is 4.90 Å². The van der Waals surface area contributed by atoms with Gasteiger partial charge in [0.2, 0.25) is 5.78 Å². The number of amides is 1. The van der Waals surface area contributed by atoms with Gasteiger partial charge in [0.15, 0.2) is 11.4 Å². The van der Waals surface area contributed by atoms with Crippen molar-refractivity contribution in [2.75, 3.05) is 4.90 Å². The van der Waals surface area contributed by atoms with Crippen LogP contribution in [0.25, 0.3) is 0 Å². The van der Waals surface area contributed by atoms with Crippen LogP contribution in [0.1, 0.15) is 39.2 Å². The summed E-state index contributed by atoms with van der Waals surface area (Å²) < 4.78 is 5.14. The van der Waals surface area contributed by atoms with Crippen molar-refractivity contribution in [3.63, 3.8) is 0 Å². The quantitative estimate of drug-likeness (QED) is 0.687. The topological polar surface area (TPSA) is 70.8 Å². The third-order valence-electron chi connectivity index (χ3n) is 5.28. The fraction of sp³-hybridized carbons (Fsp3) is 0.217. The molecule has 0 fully saturated rings. The SMILES string of the molecule is Cc1ccc(CN2C(=O)[C@](O)(CC(=O)c3ccco3)c3ccccc32)c(C)c1. The second kappa shape index (κ2) is 6.77. The summed E-state index contributed by atoms with van der Waals surface area (Å²) in [6, 6.07) is 16.3. The van der Waals surface area contributed by atoms with E-state index in [0.717, 1.165) is 16.7 Å². The molecule has 0 aliphatic carbocycles. The Hall–Kier alpha value is -3.18. The summed E-state index contributed by atoms with van der Waals surface area (Å²) in [5.41, 5.74) is 2.39. The van der Waals surface area contributed by atoms with Crippen molar-refractivity contribution in [2.45, 2.75) is 32.4 Å². The van der Waals surface area contributed by atoms with Crippen molar-refractivity contribution in [1.82, 2.24) is 0 Å². The zero-order valence-corrected chi connectivity index (χ0v) is 15.8. The molecule has 5 nitrogen and oxygen atoms in total. The zero-order valence-electron chi connectivity index (χ0n) is 15.8. The van der Waals surface area contributed by atoms with Crippen LogP contribution in [-0.4, -0.2) is 16.8 Å². The number of carbonyl (C=O) groups is 2. The number of nitrogens with zero attached hydrogens (tertiary/aromatic N) is 1. The number of anilines is 1. The van der Waals surface area contributed by atoms with Crippen molar-refractivity contribution >= 4 is 17.4 Å². The lowest BCUT2D eigenvalue weighted by Gasteiger charge is -2.23. The van der Waals surface area contributed by atoms with Crippen LogP contribution in [0.15, 0.2) is 65.3 Å². The number of para-hydroxylation sites is 1. The van der Waals surface area contributed by atoms with Gasteiger partial charge in [0, 0.05) is 5.56 Å². The number of hydrogen-bond donors (Lipinski definition) is 1. The monoisotopic (exact) mass is 375 g/mol. The molecule has 1 atom stereocenters. The van der Waals surface area contributed by atoms with Crippen molar-refractivity contribution in [3.8, 4) is 0 Å². The molecule has 0 saturated heterocycles. The summed E-state index contributed by atoms with van der Waals surface area (Å²) in [5.74, 6) is -0.774. The molecule has 0 unspecified atom stereocenters. The first-order valence-corrected chi connectivity index (χ1v) is 9.17. The minimum Gasteiger partial charge on any atom is -0.461 e. The highest BCUT2D eigenvalue weighted by Crippen LogP contribution is 2.43. The highest BCUT2D eigenvalue weighted by atomic mass is 16.3. The highest BCUT2D eigenvalue weighted by molar-refractivity contribution is 6.10. The molecular formula is C23H21NO4. The number of furan rings is 1.